The van der Waals surface area contributed by atoms with Gasteiger partial charge in [0.25, 0.3) is 0 Å². The van der Waals surface area contributed by atoms with Gasteiger partial charge in [0.05, 0.1) is 23.6 Å². The summed E-state index contributed by atoms with van der Waals surface area (Å²) in [5, 5.41) is 0.450. The van der Waals surface area contributed by atoms with Gasteiger partial charge in [0.1, 0.15) is 4.90 Å². The summed E-state index contributed by atoms with van der Waals surface area (Å²) >= 11 is 17.9. The van der Waals surface area contributed by atoms with E-state index in [1.807, 2.05) is 6.92 Å². The molecular weight excluding hydrogens is 345 g/mol. The first-order valence-electron chi connectivity index (χ1n) is 6.02. The van der Waals surface area contributed by atoms with Crippen molar-refractivity contribution >= 4 is 44.8 Å². The number of morpholine rings is 1. The first kappa shape index (κ1) is 16.3. The van der Waals surface area contributed by atoms with Crippen molar-refractivity contribution in [3.05, 3.63) is 27.7 Å². The molecule has 0 radical (unpaired) electrons. The zero-order chi connectivity index (χ0) is 14.9. The van der Waals surface area contributed by atoms with Crippen molar-refractivity contribution in [3.8, 4) is 0 Å². The average molecular weight is 359 g/mol. The number of rotatable bonds is 3. The SMILES string of the molecule is CC1CN(S(=O)(=O)c2ccc(Cl)c(CCl)c2Cl)CCO1. The van der Waals surface area contributed by atoms with Crippen LogP contribution in [0.25, 0.3) is 0 Å². The fourth-order valence-electron chi connectivity index (χ4n) is 2.04. The molecule has 1 atom stereocenters. The first-order chi connectivity index (χ1) is 9.37. The second kappa shape index (κ2) is 6.38. The van der Waals surface area contributed by atoms with Crippen molar-refractivity contribution in [2.24, 2.45) is 0 Å². The third kappa shape index (κ3) is 3.08. The van der Waals surface area contributed by atoms with Crippen LogP contribution >= 0.6 is 34.8 Å². The summed E-state index contributed by atoms with van der Waals surface area (Å²) in [5.74, 6) is 0.0561. The van der Waals surface area contributed by atoms with Gasteiger partial charge in [0.15, 0.2) is 0 Å². The van der Waals surface area contributed by atoms with E-state index >= 15 is 0 Å². The highest BCUT2D eigenvalue weighted by atomic mass is 35.5. The van der Waals surface area contributed by atoms with Crippen molar-refractivity contribution < 1.29 is 13.2 Å². The normalized spacial score (nSPS) is 21.1. The second-order valence-corrected chi connectivity index (χ2v) is 7.47. The molecule has 112 valence electrons. The number of ether oxygens (including phenoxy) is 1. The number of hydrogen-bond donors (Lipinski definition) is 0. The van der Waals surface area contributed by atoms with E-state index in [0.717, 1.165) is 0 Å². The molecule has 20 heavy (non-hydrogen) atoms. The van der Waals surface area contributed by atoms with Gasteiger partial charge in [-0.2, -0.15) is 4.31 Å². The van der Waals surface area contributed by atoms with Crippen LogP contribution in [0.4, 0.5) is 0 Å². The van der Waals surface area contributed by atoms with Crippen LogP contribution in [0, 0.1) is 0 Å². The first-order valence-corrected chi connectivity index (χ1v) is 8.75. The summed E-state index contributed by atoms with van der Waals surface area (Å²) in [4.78, 5) is 0.0355. The molecule has 4 nitrogen and oxygen atoms in total. The molecule has 1 aromatic carbocycles. The molecule has 0 aliphatic carbocycles. The van der Waals surface area contributed by atoms with E-state index in [4.69, 9.17) is 39.5 Å². The standard InChI is InChI=1S/C12H14Cl3NO3S/c1-8-7-16(4-5-19-8)20(17,18)11-3-2-10(14)9(6-13)12(11)15/h2-3,8H,4-7H2,1H3. The number of alkyl halides is 1. The minimum absolute atomic E-state index is 0.0355. The Bertz CT molecular complexity index is 606. The van der Waals surface area contributed by atoms with Crippen LogP contribution in [0.2, 0.25) is 10.0 Å². The Morgan fingerprint density at radius 1 is 1.40 bits per heavy atom. The summed E-state index contributed by atoms with van der Waals surface area (Å²) in [6.45, 7) is 2.81. The summed E-state index contributed by atoms with van der Waals surface area (Å²) in [7, 11) is -3.67. The largest absolute Gasteiger partial charge is 0.376 e. The van der Waals surface area contributed by atoms with Crippen molar-refractivity contribution in [2.45, 2.75) is 23.8 Å². The van der Waals surface area contributed by atoms with E-state index in [-0.39, 0.29) is 21.9 Å². The molecule has 0 aromatic heterocycles. The van der Waals surface area contributed by atoms with Crippen LogP contribution in [0.5, 0.6) is 0 Å². The minimum atomic E-state index is -3.67. The molecule has 1 aliphatic heterocycles. The highest BCUT2D eigenvalue weighted by molar-refractivity contribution is 7.89. The van der Waals surface area contributed by atoms with Crippen molar-refractivity contribution in [2.75, 3.05) is 19.7 Å². The monoisotopic (exact) mass is 357 g/mol. The maximum atomic E-state index is 12.6. The zero-order valence-corrected chi connectivity index (χ0v) is 13.9. The van der Waals surface area contributed by atoms with Gasteiger partial charge in [-0.3, -0.25) is 0 Å². The van der Waals surface area contributed by atoms with Gasteiger partial charge in [0.2, 0.25) is 10.0 Å². The lowest BCUT2D eigenvalue weighted by Crippen LogP contribution is -2.44. The third-order valence-electron chi connectivity index (χ3n) is 3.11. The van der Waals surface area contributed by atoms with E-state index < -0.39 is 10.0 Å². The number of sulfonamides is 1. The van der Waals surface area contributed by atoms with Crippen LogP contribution in [-0.2, 0) is 20.6 Å². The Kier molecular flexibility index (Phi) is 5.21. The fraction of sp³-hybridized carbons (Fsp3) is 0.500. The molecule has 1 aromatic rings. The smallest absolute Gasteiger partial charge is 0.244 e. The van der Waals surface area contributed by atoms with Crippen LogP contribution in [0.3, 0.4) is 0 Å². The van der Waals surface area contributed by atoms with Gasteiger partial charge in [-0.15, -0.1) is 11.6 Å². The van der Waals surface area contributed by atoms with E-state index in [1.165, 1.54) is 16.4 Å². The third-order valence-corrected chi connectivity index (χ3v) is 6.18. The molecule has 1 heterocycles. The number of benzene rings is 1. The quantitative estimate of drug-likeness (QED) is 0.780. The maximum Gasteiger partial charge on any atom is 0.244 e. The Balaban J connectivity index is 2.44. The fourth-order valence-corrected chi connectivity index (χ4v) is 4.84. The van der Waals surface area contributed by atoms with Crippen LogP contribution in [0.15, 0.2) is 17.0 Å². The predicted octanol–water partition coefficient (Wildman–Crippen LogP) is 3.14. The maximum absolute atomic E-state index is 12.6. The Labute approximate surface area is 133 Å². The summed E-state index contributed by atoms with van der Waals surface area (Å²) in [6, 6.07) is 2.91. The summed E-state index contributed by atoms with van der Waals surface area (Å²) < 4.78 is 32.0. The summed E-state index contributed by atoms with van der Waals surface area (Å²) in [6.07, 6.45) is -0.142. The Morgan fingerprint density at radius 3 is 2.70 bits per heavy atom. The predicted molar refractivity (Wildman–Crippen MR) is 80.2 cm³/mol. The molecule has 8 heteroatoms. The van der Waals surface area contributed by atoms with E-state index in [2.05, 4.69) is 0 Å². The molecular formula is C12H14Cl3NO3S. The van der Waals surface area contributed by atoms with Gasteiger partial charge in [-0.25, -0.2) is 8.42 Å². The van der Waals surface area contributed by atoms with E-state index in [1.54, 1.807) is 0 Å². The Morgan fingerprint density at radius 2 is 2.10 bits per heavy atom. The molecule has 0 spiro atoms. The van der Waals surface area contributed by atoms with Gasteiger partial charge >= 0.3 is 0 Å². The van der Waals surface area contributed by atoms with Crippen molar-refractivity contribution in [1.82, 2.24) is 4.31 Å². The molecule has 0 amide bonds. The highest BCUT2D eigenvalue weighted by Crippen LogP contribution is 2.34. The lowest BCUT2D eigenvalue weighted by molar-refractivity contribution is 0.0102. The van der Waals surface area contributed by atoms with Gasteiger partial charge in [-0.05, 0) is 19.1 Å². The Hall–Kier alpha value is -0.0400. The molecule has 0 bridgehead atoms. The van der Waals surface area contributed by atoms with E-state index in [9.17, 15) is 8.42 Å². The van der Waals surface area contributed by atoms with Crippen LogP contribution in [-0.4, -0.2) is 38.5 Å². The molecule has 1 aliphatic rings. The summed E-state index contributed by atoms with van der Waals surface area (Å²) in [5.41, 5.74) is 0.428. The number of nitrogens with zero attached hydrogens (tertiary/aromatic N) is 1. The van der Waals surface area contributed by atoms with E-state index in [0.29, 0.717) is 30.3 Å². The highest BCUT2D eigenvalue weighted by Gasteiger charge is 2.31. The van der Waals surface area contributed by atoms with Crippen molar-refractivity contribution in [1.29, 1.82) is 0 Å². The van der Waals surface area contributed by atoms with Crippen molar-refractivity contribution in [3.63, 3.8) is 0 Å². The van der Waals surface area contributed by atoms with Gasteiger partial charge in [-0.1, -0.05) is 23.2 Å². The van der Waals surface area contributed by atoms with Gasteiger partial charge in [0, 0.05) is 23.7 Å². The minimum Gasteiger partial charge on any atom is -0.376 e. The average Bonchev–Trinajstić information content (AvgIpc) is 2.39. The molecule has 1 unspecified atom stereocenters. The topological polar surface area (TPSA) is 46.6 Å². The number of hydrogen-bond acceptors (Lipinski definition) is 3. The zero-order valence-electron chi connectivity index (χ0n) is 10.8. The van der Waals surface area contributed by atoms with Crippen LogP contribution in [0.1, 0.15) is 12.5 Å². The van der Waals surface area contributed by atoms with Gasteiger partial charge < -0.3 is 4.74 Å². The number of halogens is 3. The molecule has 1 saturated heterocycles. The molecule has 1 fully saturated rings. The molecule has 0 N–H and O–H groups in total. The lowest BCUT2D eigenvalue weighted by Gasteiger charge is -2.30. The lowest BCUT2D eigenvalue weighted by atomic mass is 10.2. The second-order valence-electron chi connectivity index (χ2n) is 4.52. The molecule has 0 saturated carbocycles. The van der Waals surface area contributed by atoms with Crippen LogP contribution < -0.4 is 0 Å². The molecule has 2 rings (SSSR count).